The minimum atomic E-state index is -0.964. The Hall–Kier alpha value is -1.84. The van der Waals surface area contributed by atoms with Crippen LogP contribution in [0.5, 0.6) is 11.5 Å². The summed E-state index contributed by atoms with van der Waals surface area (Å²) in [7, 11) is 0. The van der Waals surface area contributed by atoms with E-state index in [4.69, 9.17) is 9.47 Å². The zero-order valence-corrected chi connectivity index (χ0v) is 19.0. The largest absolute Gasteiger partial charge is 0.491 e. The van der Waals surface area contributed by atoms with E-state index in [-0.39, 0.29) is 11.5 Å². The maximum absolute atomic E-state index is 14.2. The molecule has 0 N–H and O–H groups in total. The third-order valence-electron chi connectivity index (χ3n) is 7.11. The molecule has 0 radical (unpaired) electrons. The lowest BCUT2D eigenvalue weighted by atomic mass is 9.69. The average Bonchev–Trinajstić information content (AvgIpc) is 2.80. The molecule has 2 aliphatic rings. The van der Waals surface area contributed by atoms with Crippen molar-refractivity contribution in [1.29, 1.82) is 0 Å². The van der Waals surface area contributed by atoms with Gasteiger partial charge in [0.2, 0.25) is 11.6 Å². The summed E-state index contributed by atoms with van der Waals surface area (Å²) in [5, 5.41) is 0. The summed E-state index contributed by atoms with van der Waals surface area (Å²) in [6.07, 6.45) is 19.0. The van der Waals surface area contributed by atoms with Crippen LogP contribution in [0, 0.1) is 35.3 Å². The predicted octanol–water partition coefficient (Wildman–Crippen LogP) is 7.88. The van der Waals surface area contributed by atoms with Gasteiger partial charge in [0.15, 0.2) is 11.5 Å². The van der Waals surface area contributed by atoms with Crippen molar-refractivity contribution in [2.24, 2.45) is 23.7 Å². The van der Waals surface area contributed by atoms with Crippen molar-refractivity contribution in [1.82, 2.24) is 0 Å². The number of unbranched alkanes of at least 4 members (excludes halogenated alkanes) is 1. The molecule has 2 fully saturated rings. The first kappa shape index (κ1) is 23.8. The predicted molar refractivity (Wildman–Crippen MR) is 122 cm³/mol. The Bertz CT molecular complexity index is 714. The number of hydrogen-bond donors (Lipinski definition) is 0. The molecule has 4 heteroatoms. The van der Waals surface area contributed by atoms with E-state index in [1.165, 1.54) is 50.7 Å². The molecule has 0 spiro atoms. The van der Waals surface area contributed by atoms with Crippen LogP contribution in [-0.4, -0.2) is 13.2 Å². The van der Waals surface area contributed by atoms with Gasteiger partial charge in [-0.2, -0.15) is 8.78 Å². The molecule has 0 aromatic heterocycles. The van der Waals surface area contributed by atoms with Crippen molar-refractivity contribution in [3.8, 4) is 11.5 Å². The van der Waals surface area contributed by atoms with Crippen molar-refractivity contribution in [2.45, 2.75) is 71.1 Å². The number of halogens is 2. The van der Waals surface area contributed by atoms with E-state index >= 15 is 0 Å². The van der Waals surface area contributed by atoms with E-state index in [1.807, 2.05) is 6.08 Å². The van der Waals surface area contributed by atoms with Crippen molar-refractivity contribution < 1.29 is 18.3 Å². The number of hydrogen-bond acceptors (Lipinski definition) is 2. The summed E-state index contributed by atoms with van der Waals surface area (Å²) in [4.78, 5) is 0. The third kappa shape index (κ3) is 6.82. The highest BCUT2D eigenvalue weighted by Crippen LogP contribution is 2.42. The number of ether oxygens (including phenoxy) is 2. The minimum Gasteiger partial charge on any atom is -0.491 e. The Morgan fingerprint density at radius 3 is 2.03 bits per heavy atom. The van der Waals surface area contributed by atoms with Crippen LogP contribution in [-0.2, 0) is 0 Å². The molecule has 2 saturated carbocycles. The van der Waals surface area contributed by atoms with Gasteiger partial charge in [-0.15, -0.1) is 6.58 Å². The van der Waals surface area contributed by atoms with Gasteiger partial charge >= 0.3 is 0 Å². The van der Waals surface area contributed by atoms with Crippen LogP contribution in [0.2, 0.25) is 0 Å². The van der Waals surface area contributed by atoms with Gasteiger partial charge in [0.1, 0.15) is 0 Å². The molecule has 1 aromatic rings. The van der Waals surface area contributed by atoms with Crippen molar-refractivity contribution >= 4 is 0 Å². The number of rotatable bonds is 10. The molecule has 0 saturated heterocycles. The van der Waals surface area contributed by atoms with Crippen molar-refractivity contribution in [3.63, 3.8) is 0 Å². The first-order valence-electron chi connectivity index (χ1n) is 12.1. The van der Waals surface area contributed by atoms with Crippen LogP contribution in [0.4, 0.5) is 8.78 Å². The highest BCUT2D eigenvalue weighted by Gasteiger charge is 2.30. The van der Waals surface area contributed by atoms with Crippen LogP contribution < -0.4 is 9.47 Å². The van der Waals surface area contributed by atoms with E-state index in [0.717, 1.165) is 43.4 Å². The van der Waals surface area contributed by atoms with Crippen LogP contribution >= 0.6 is 0 Å². The van der Waals surface area contributed by atoms with Gasteiger partial charge < -0.3 is 9.47 Å². The summed E-state index contributed by atoms with van der Waals surface area (Å²) >= 11 is 0. The van der Waals surface area contributed by atoms with Gasteiger partial charge in [-0.05, 0) is 107 Å². The van der Waals surface area contributed by atoms with Gasteiger partial charge in [0.05, 0.1) is 13.2 Å². The molecule has 0 aliphatic heterocycles. The molecular weight excluding hydrogens is 394 g/mol. The minimum absolute atomic E-state index is 0.0115. The molecule has 31 heavy (non-hydrogen) atoms. The van der Waals surface area contributed by atoms with Crippen molar-refractivity contribution in [3.05, 3.63) is 48.6 Å². The molecule has 0 unspecified atom stereocenters. The molecule has 3 rings (SSSR count). The van der Waals surface area contributed by atoms with Gasteiger partial charge in [-0.3, -0.25) is 0 Å². The number of benzene rings is 1. The summed E-state index contributed by atoms with van der Waals surface area (Å²) < 4.78 is 39.0. The Kier molecular flexibility index (Phi) is 9.42. The van der Waals surface area contributed by atoms with Crippen LogP contribution in [0.1, 0.15) is 71.1 Å². The molecule has 0 amide bonds. The quantitative estimate of drug-likeness (QED) is 0.276. The van der Waals surface area contributed by atoms with E-state index in [9.17, 15) is 8.78 Å². The van der Waals surface area contributed by atoms with Crippen LogP contribution in [0.25, 0.3) is 0 Å². The summed E-state index contributed by atoms with van der Waals surface area (Å²) in [6, 6.07) is 2.92. The third-order valence-corrected chi connectivity index (χ3v) is 7.11. The highest BCUT2D eigenvalue weighted by molar-refractivity contribution is 5.35. The summed E-state index contributed by atoms with van der Waals surface area (Å²) in [5.74, 6) is 0.880. The normalized spacial score (nSPS) is 26.7. The van der Waals surface area contributed by atoms with E-state index in [2.05, 4.69) is 18.7 Å². The Morgan fingerprint density at radius 1 is 0.871 bits per heavy atom. The van der Waals surface area contributed by atoms with Crippen LogP contribution in [0.15, 0.2) is 36.9 Å². The second-order valence-corrected chi connectivity index (χ2v) is 9.18. The number of allylic oxidation sites excluding steroid dienone is 3. The molecule has 0 bridgehead atoms. The van der Waals surface area contributed by atoms with Gasteiger partial charge in [-0.1, -0.05) is 18.2 Å². The van der Waals surface area contributed by atoms with E-state index in [0.29, 0.717) is 19.1 Å². The van der Waals surface area contributed by atoms with Gasteiger partial charge in [-0.25, -0.2) is 0 Å². The smallest absolute Gasteiger partial charge is 0.204 e. The molecular formula is C27H38F2O2. The molecule has 0 atom stereocenters. The van der Waals surface area contributed by atoms with Gasteiger partial charge in [0.25, 0.3) is 0 Å². The zero-order valence-electron chi connectivity index (χ0n) is 19.0. The Morgan fingerprint density at radius 2 is 1.45 bits per heavy atom. The first-order chi connectivity index (χ1) is 15.1. The maximum atomic E-state index is 14.2. The first-order valence-corrected chi connectivity index (χ1v) is 12.1. The summed E-state index contributed by atoms with van der Waals surface area (Å²) in [6.45, 7) is 6.28. The lowest BCUT2D eigenvalue weighted by Crippen LogP contribution is -2.27. The Labute approximate surface area is 186 Å². The SMILES string of the molecule is C=CCCC=CC1CCC(C2CCC(COc3ccc(OCC)c(F)c3F)CC2)CC1. The van der Waals surface area contributed by atoms with Crippen molar-refractivity contribution in [2.75, 3.05) is 13.2 Å². The lowest BCUT2D eigenvalue weighted by molar-refractivity contribution is 0.127. The standard InChI is InChI=1S/C27H38F2O2/c1-3-5-6-7-8-20-9-13-22(14-10-20)23-15-11-21(12-16-23)19-31-25-18-17-24(30-4-2)26(28)27(25)29/h3,7-8,17-18,20-23H,1,4-6,9-16,19H2,2H3. The molecule has 0 heterocycles. The fraction of sp³-hybridized carbons (Fsp3) is 0.630. The van der Waals surface area contributed by atoms with E-state index in [1.54, 1.807) is 6.92 Å². The second kappa shape index (κ2) is 12.3. The van der Waals surface area contributed by atoms with Crippen LogP contribution in [0.3, 0.4) is 0 Å². The topological polar surface area (TPSA) is 18.5 Å². The monoisotopic (exact) mass is 432 g/mol. The lowest BCUT2D eigenvalue weighted by Gasteiger charge is -2.37. The Balaban J connectivity index is 1.38. The molecule has 1 aromatic carbocycles. The maximum Gasteiger partial charge on any atom is 0.204 e. The zero-order chi connectivity index (χ0) is 22.1. The second-order valence-electron chi connectivity index (χ2n) is 9.18. The molecule has 2 aliphatic carbocycles. The molecule has 2 nitrogen and oxygen atoms in total. The van der Waals surface area contributed by atoms with E-state index < -0.39 is 11.6 Å². The fourth-order valence-corrected chi connectivity index (χ4v) is 5.24. The summed E-state index contributed by atoms with van der Waals surface area (Å²) in [5.41, 5.74) is 0. The highest BCUT2D eigenvalue weighted by atomic mass is 19.2. The fourth-order valence-electron chi connectivity index (χ4n) is 5.24. The van der Waals surface area contributed by atoms with Gasteiger partial charge in [0, 0.05) is 0 Å². The molecule has 172 valence electrons. The average molecular weight is 433 g/mol.